The van der Waals surface area contributed by atoms with E-state index in [1.807, 2.05) is 70.5 Å². The average molecular weight is 448 g/mol. The van der Waals surface area contributed by atoms with Crippen LogP contribution in [0.25, 0.3) is 0 Å². The Kier molecular flexibility index (Phi) is 7.43. The monoisotopic (exact) mass is 447 g/mol. The Morgan fingerprint density at radius 2 is 1.58 bits per heavy atom. The van der Waals surface area contributed by atoms with Gasteiger partial charge in [-0.05, 0) is 43.5 Å². The molecule has 3 amide bonds. The predicted molar refractivity (Wildman–Crippen MR) is 130 cm³/mol. The highest BCUT2D eigenvalue weighted by atomic mass is 16.2. The second kappa shape index (κ2) is 10.6. The van der Waals surface area contributed by atoms with Crippen LogP contribution < -0.4 is 9.80 Å². The molecule has 0 aromatic heterocycles. The van der Waals surface area contributed by atoms with Crippen molar-refractivity contribution in [2.75, 3.05) is 36.0 Å². The molecule has 2 aliphatic heterocycles. The molecule has 6 heteroatoms. The molecule has 0 saturated carbocycles. The molecule has 33 heavy (non-hydrogen) atoms. The zero-order valence-corrected chi connectivity index (χ0v) is 19.4. The van der Waals surface area contributed by atoms with Crippen LogP contribution in [0.3, 0.4) is 0 Å². The van der Waals surface area contributed by atoms with E-state index in [4.69, 9.17) is 0 Å². The maximum atomic E-state index is 13.4. The van der Waals surface area contributed by atoms with E-state index in [-0.39, 0.29) is 36.0 Å². The Hall–Kier alpha value is -3.15. The van der Waals surface area contributed by atoms with E-state index >= 15 is 0 Å². The van der Waals surface area contributed by atoms with Gasteiger partial charge in [-0.3, -0.25) is 14.4 Å². The number of anilines is 2. The lowest BCUT2D eigenvalue weighted by Gasteiger charge is -2.35. The molecular formula is C27H33N3O3. The standard InChI is InChI=1S/C27H33N3O3/c1-2-3-16-29(23-10-6-4-7-11-23)27(33)21-14-17-28(18-15-21)26(32)22-19-25(31)30(20-22)24-12-8-5-9-13-24/h4-13,21-22H,2-3,14-20H2,1H3. The third-order valence-corrected chi connectivity index (χ3v) is 6.77. The molecule has 2 aromatic rings. The second-order valence-corrected chi connectivity index (χ2v) is 9.02. The van der Waals surface area contributed by atoms with E-state index in [1.54, 1.807) is 4.90 Å². The van der Waals surface area contributed by atoms with Gasteiger partial charge in [0.2, 0.25) is 17.7 Å². The molecular weight excluding hydrogens is 414 g/mol. The smallest absolute Gasteiger partial charge is 0.230 e. The van der Waals surface area contributed by atoms with E-state index in [1.165, 1.54) is 0 Å². The molecule has 0 bridgehead atoms. The normalized spacial score (nSPS) is 19.1. The molecule has 0 aliphatic carbocycles. The van der Waals surface area contributed by atoms with Crippen molar-refractivity contribution in [3.05, 3.63) is 60.7 Å². The van der Waals surface area contributed by atoms with Gasteiger partial charge in [0.25, 0.3) is 0 Å². The molecule has 174 valence electrons. The number of nitrogens with zero attached hydrogens (tertiary/aromatic N) is 3. The molecule has 1 atom stereocenters. The molecule has 0 N–H and O–H groups in total. The fourth-order valence-corrected chi connectivity index (χ4v) is 4.85. The molecule has 2 aliphatic rings. The lowest BCUT2D eigenvalue weighted by atomic mass is 9.93. The Bertz CT molecular complexity index is 955. The Balaban J connectivity index is 1.35. The van der Waals surface area contributed by atoms with Crippen LogP contribution in [-0.4, -0.2) is 48.8 Å². The number of likely N-dealkylation sites (tertiary alicyclic amines) is 1. The van der Waals surface area contributed by atoms with Crippen molar-refractivity contribution in [2.45, 2.75) is 39.0 Å². The van der Waals surface area contributed by atoms with Gasteiger partial charge >= 0.3 is 0 Å². The number of piperidine rings is 1. The number of rotatable bonds is 7. The van der Waals surface area contributed by atoms with Gasteiger partial charge < -0.3 is 14.7 Å². The van der Waals surface area contributed by atoms with Crippen LogP contribution in [0.2, 0.25) is 0 Å². The van der Waals surface area contributed by atoms with Crippen LogP contribution in [0.5, 0.6) is 0 Å². The van der Waals surface area contributed by atoms with Gasteiger partial charge in [0.15, 0.2) is 0 Å². The minimum atomic E-state index is -0.310. The summed E-state index contributed by atoms with van der Waals surface area (Å²) in [6, 6.07) is 19.4. The van der Waals surface area contributed by atoms with Gasteiger partial charge in [0, 0.05) is 49.9 Å². The highest BCUT2D eigenvalue weighted by molar-refractivity contribution is 6.00. The lowest BCUT2D eigenvalue weighted by molar-refractivity contribution is -0.138. The second-order valence-electron chi connectivity index (χ2n) is 9.02. The first-order chi connectivity index (χ1) is 16.1. The van der Waals surface area contributed by atoms with Gasteiger partial charge in [-0.15, -0.1) is 0 Å². The summed E-state index contributed by atoms with van der Waals surface area (Å²) in [6.45, 7) is 4.42. The summed E-state index contributed by atoms with van der Waals surface area (Å²) in [4.78, 5) is 44.5. The maximum Gasteiger partial charge on any atom is 0.230 e. The van der Waals surface area contributed by atoms with Crippen molar-refractivity contribution in [1.29, 1.82) is 0 Å². The molecule has 2 heterocycles. The summed E-state index contributed by atoms with van der Waals surface area (Å²) >= 11 is 0. The Morgan fingerprint density at radius 3 is 2.21 bits per heavy atom. The fourth-order valence-electron chi connectivity index (χ4n) is 4.85. The minimum Gasteiger partial charge on any atom is -0.342 e. The number of hydrogen-bond donors (Lipinski definition) is 0. The maximum absolute atomic E-state index is 13.4. The van der Waals surface area contributed by atoms with E-state index in [2.05, 4.69) is 6.92 Å². The number of hydrogen-bond acceptors (Lipinski definition) is 3. The summed E-state index contributed by atoms with van der Waals surface area (Å²) in [5, 5.41) is 0. The van der Waals surface area contributed by atoms with Gasteiger partial charge in [0.1, 0.15) is 0 Å². The molecule has 2 aromatic carbocycles. The largest absolute Gasteiger partial charge is 0.342 e. The van der Waals surface area contributed by atoms with Crippen molar-refractivity contribution in [3.8, 4) is 0 Å². The van der Waals surface area contributed by atoms with Crippen molar-refractivity contribution < 1.29 is 14.4 Å². The van der Waals surface area contributed by atoms with Crippen molar-refractivity contribution >= 4 is 29.1 Å². The average Bonchev–Trinajstić information content (AvgIpc) is 3.26. The number of para-hydroxylation sites is 2. The van der Waals surface area contributed by atoms with Crippen LogP contribution in [0.4, 0.5) is 11.4 Å². The zero-order valence-electron chi connectivity index (χ0n) is 19.4. The third kappa shape index (κ3) is 5.27. The number of carbonyl (C=O) groups is 3. The number of unbranched alkanes of at least 4 members (excludes halogenated alkanes) is 1. The van der Waals surface area contributed by atoms with Crippen LogP contribution in [-0.2, 0) is 14.4 Å². The third-order valence-electron chi connectivity index (χ3n) is 6.77. The van der Waals surface area contributed by atoms with E-state index in [0.29, 0.717) is 32.5 Å². The highest BCUT2D eigenvalue weighted by Gasteiger charge is 2.39. The van der Waals surface area contributed by atoms with Gasteiger partial charge in [-0.1, -0.05) is 49.7 Å². The molecule has 4 rings (SSSR count). The van der Waals surface area contributed by atoms with Crippen molar-refractivity contribution in [1.82, 2.24) is 4.90 Å². The van der Waals surface area contributed by atoms with Crippen LogP contribution in [0.15, 0.2) is 60.7 Å². The molecule has 0 radical (unpaired) electrons. The summed E-state index contributed by atoms with van der Waals surface area (Å²) in [7, 11) is 0. The first kappa shape index (κ1) is 23.0. The molecule has 2 saturated heterocycles. The summed E-state index contributed by atoms with van der Waals surface area (Å²) in [5.74, 6) is -0.182. The Labute approximate surface area is 196 Å². The number of amides is 3. The van der Waals surface area contributed by atoms with Crippen molar-refractivity contribution in [3.63, 3.8) is 0 Å². The summed E-state index contributed by atoms with van der Waals surface area (Å²) < 4.78 is 0. The van der Waals surface area contributed by atoms with Crippen LogP contribution in [0, 0.1) is 11.8 Å². The van der Waals surface area contributed by atoms with Crippen molar-refractivity contribution in [2.24, 2.45) is 11.8 Å². The fraction of sp³-hybridized carbons (Fsp3) is 0.444. The highest BCUT2D eigenvalue weighted by Crippen LogP contribution is 2.29. The molecule has 0 spiro atoms. The molecule has 6 nitrogen and oxygen atoms in total. The van der Waals surface area contributed by atoms with Crippen LogP contribution in [0.1, 0.15) is 39.0 Å². The molecule has 2 fully saturated rings. The number of benzene rings is 2. The first-order valence-electron chi connectivity index (χ1n) is 12.1. The Morgan fingerprint density at radius 1 is 0.939 bits per heavy atom. The minimum absolute atomic E-state index is 0.000888. The summed E-state index contributed by atoms with van der Waals surface area (Å²) in [5.41, 5.74) is 1.79. The van der Waals surface area contributed by atoms with E-state index in [0.717, 1.165) is 30.8 Å². The predicted octanol–water partition coefficient (Wildman–Crippen LogP) is 4.11. The van der Waals surface area contributed by atoms with Gasteiger partial charge in [-0.2, -0.15) is 0 Å². The number of carbonyl (C=O) groups excluding carboxylic acids is 3. The SMILES string of the molecule is CCCCN(C(=O)C1CCN(C(=O)C2CC(=O)N(c3ccccc3)C2)CC1)c1ccccc1. The van der Waals surface area contributed by atoms with E-state index in [9.17, 15) is 14.4 Å². The van der Waals surface area contributed by atoms with Crippen LogP contribution >= 0.6 is 0 Å². The van der Waals surface area contributed by atoms with Gasteiger partial charge in [0.05, 0.1) is 5.92 Å². The quantitative estimate of drug-likeness (QED) is 0.642. The lowest BCUT2D eigenvalue weighted by Crippen LogP contribution is -2.46. The molecule has 1 unspecified atom stereocenters. The first-order valence-corrected chi connectivity index (χ1v) is 12.1. The van der Waals surface area contributed by atoms with E-state index < -0.39 is 0 Å². The zero-order chi connectivity index (χ0) is 23.2. The summed E-state index contributed by atoms with van der Waals surface area (Å²) in [6.07, 6.45) is 3.59. The topological polar surface area (TPSA) is 60.9 Å². The van der Waals surface area contributed by atoms with Gasteiger partial charge in [-0.25, -0.2) is 0 Å².